The van der Waals surface area contributed by atoms with Crippen LogP contribution in [0.4, 0.5) is 0 Å². The van der Waals surface area contributed by atoms with Gasteiger partial charge in [-0.2, -0.15) is 0 Å². The second-order valence-corrected chi connectivity index (χ2v) is 4.01. The Labute approximate surface area is 111 Å². The standard InChI is InChI=1S/C13H18N2O4/c1-19-11(13(17)18)8-15-12(16)10-4-2-9(3-5-10)6-7-14/h2-5,11H,6-8,14H2,1H3,(H,15,16)(H,17,18). The minimum Gasteiger partial charge on any atom is -0.479 e. The van der Waals surface area contributed by atoms with Gasteiger partial charge in [-0.15, -0.1) is 0 Å². The highest BCUT2D eigenvalue weighted by molar-refractivity contribution is 5.94. The Hall–Kier alpha value is -1.92. The van der Waals surface area contributed by atoms with Crippen molar-refractivity contribution < 1.29 is 19.4 Å². The molecule has 1 aromatic rings. The molecule has 0 heterocycles. The van der Waals surface area contributed by atoms with Gasteiger partial charge in [0.1, 0.15) is 0 Å². The van der Waals surface area contributed by atoms with Crippen LogP contribution in [0.2, 0.25) is 0 Å². The molecule has 6 nitrogen and oxygen atoms in total. The molecule has 1 atom stereocenters. The third-order valence-electron chi connectivity index (χ3n) is 2.66. The molecule has 6 heteroatoms. The van der Waals surface area contributed by atoms with Crippen LogP contribution in [0.25, 0.3) is 0 Å². The summed E-state index contributed by atoms with van der Waals surface area (Å²) >= 11 is 0. The number of aliphatic carboxylic acids is 1. The number of hydrogen-bond acceptors (Lipinski definition) is 4. The van der Waals surface area contributed by atoms with E-state index in [2.05, 4.69) is 5.32 Å². The van der Waals surface area contributed by atoms with E-state index in [0.717, 1.165) is 12.0 Å². The molecular weight excluding hydrogens is 248 g/mol. The van der Waals surface area contributed by atoms with Crippen molar-refractivity contribution in [3.63, 3.8) is 0 Å². The average Bonchev–Trinajstić information content (AvgIpc) is 2.40. The number of nitrogens with one attached hydrogen (secondary N) is 1. The Morgan fingerprint density at radius 1 is 1.37 bits per heavy atom. The Kier molecular flexibility index (Phi) is 5.98. The van der Waals surface area contributed by atoms with Gasteiger partial charge in [0, 0.05) is 12.7 Å². The predicted octanol–water partition coefficient (Wildman–Crippen LogP) is 0.0172. The number of amides is 1. The predicted molar refractivity (Wildman–Crippen MR) is 70.0 cm³/mol. The van der Waals surface area contributed by atoms with Gasteiger partial charge in [-0.3, -0.25) is 4.79 Å². The smallest absolute Gasteiger partial charge is 0.334 e. The molecule has 4 N–H and O–H groups in total. The van der Waals surface area contributed by atoms with Crippen LogP contribution in [0.5, 0.6) is 0 Å². The monoisotopic (exact) mass is 266 g/mol. The molecule has 104 valence electrons. The highest BCUT2D eigenvalue weighted by Crippen LogP contribution is 2.05. The number of methoxy groups -OCH3 is 1. The normalized spacial score (nSPS) is 11.9. The number of carboxylic acid groups (broad SMARTS) is 1. The molecule has 1 unspecified atom stereocenters. The van der Waals surface area contributed by atoms with E-state index in [4.69, 9.17) is 15.6 Å². The maximum Gasteiger partial charge on any atom is 0.334 e. The van der Waals surface area contributed by atoms with E-state index in [-0.39, 0.29) is 12.5 Å². The fraction of sp³-hybridized carbons (Fsp3) is 0.385. The first-order valence-corrected chi connectivity index (χ1v) is 5.91. The van der Waals surface area contributed by atoms with E-state index in [0.29, 0.717) is 12.1 Å². The molecule has 1 aromatic carbocycles. The van der Waals surface area contributed by atoms with E-state index in [1.807, 2.05) is 12.1 Å². The van der Waals surface area contributed by atoms with Gasteiger partial charge >= 0.3 is 5.97 Å². The van der Waals surface area contributed by atoms with Crippen LogP contribution in [-0.2, 0) is 16.0 Å². The molecule has 19 heavy (non-hydrogen) atoms. The zero-order valence-corrected chi connectivity index (χ0v) is 10.8. The molecule has 0 radical (unpaired) electrons. The van der Waals surface area contributed by atoms with E-state index < -0.39 is 12.1 Å². The summed E-state index contributed by atoms with van der Waals surface area (Å²) in [5, 5.41) is 11.3. The molecular formula is C13H18N2O4. The first-order valence-electron chi connectivity index (χ1n) is 5.91. The SMILES string of the molecule is COC(CNC(=O)c1ccc(CCN)cc1)C(=O)O. The molecule has 0 saturated heterocycles. The van der Waals surface area contributed by atoms with Gasteiger partial charge in [-0.05, 0) is 30.7 Å². The molecule has 0 spiro atoms. The number of benzene rings is 1. The molecule has 1 rings (SSSR count). The summed E-state index contributed by atoms with van der Waals surface area (Å²) in [6.07, 6.45) is -0.285. The first-order chi connectivity index (χ1) is 9.08. The number of carbonyl (C=O) groups excluding carboxylic acids is 1. The Bertz CT molecular complexity index is 431. The van der Waals surface area contributed by atoms with Crippen LogP contribution in [-0.4, -0.2) is 43.3 Å². The topological polar surface area (TPSA) is 102 Å². The molecule has 0 fully saturated rings. The molecule has 0 bridgehead atoms. The van der Waals surface area contributed by atoms with E-state index in [9.17, 15) is 9.59 Å². The number of ether oxygens (including phenoxy) is 1. The van der Waals surface area contributed by atoms with Crippen LogP contribution in [0, 0.1) is 0 Å². The van der Waals surface area contributed by atoms with E-state index >= 15 is 0 Å². The van der Waals surface area contributed by atoms with Crippen molar-refractivity contribution in [1.29, 1.82) is 0 Å². The van der Waals surface area contributed by atoms with Crippen molar-refractivity contribution in [2.45, 2.75) is 12.5 Å². The Morgan fingerprint density at radius 3 is 2.47 bits per heavy atom. The number of carbonyl (C=O) groups is 2. The van der Waals surface area contributed by atoms with Crippen LogP contribution in [0.1, 0.15) is 15.9 Å². The van der Waals surface area contributed by atoms with Crippen molar-refractivity contribution in [2.24, 2.45) is 5.73 Å². The minimum atomic E-state index is -1.11. The number of hydrogen-bond donors (Lipinski definition) is 3. The van der Waals surface area contributed by atoms with Crippen LogP contribution < -0.4 is 11.1 Å². The fourth-order valence-electron chi connectivity index (χ4n) is 1.55. The third kappa shape index (κ3) is 4.69. The van der Waals surface area contributed by atoms with Crippen molar-refractivity contribution in [3.8, 4) is 0 Å². The molecule has 1 amide bonds. The summed E-state index contributed by atoms with van der Waals surface area (Å²) in [5.74, 6) is -1.44. The fourth-order valence-corrected chi connectivity index (χ4v) is 1.55. The highest BCUT2D eigenvalue weighted by Gasteiger charge is 2.17. The first kappa shape index (κ1) is 15.1. The lowest BCUT2D eigenvalue weighted by molar-refractivity contribution is -0.148. The van der Waals surface area contributed by atoms with Crippen molar-refractivity contribution in [3.05, 3.63) is 35.4 Å². The largest absolute Gasteiger partial charge is 0.479 e. The van der Waals surface area contributed by atoms with Crippen LogP contribution in [0.3, 0.4) is 0 Å². The molecule has 0 saturated carbocycles. The molecule has 0 aliphatic rings. The van der Waals surface area contributed by atoms with Gasteiger partial charge in [0.25, 0.3) is 5.91 Å². The molecule has 0 aliphatic heterocycles. The van der Waals surface area contributed by atoms with E-state index in [1.54, 1.807) is 12.1 Å². The zero-order valence-electron chi connectivity index (χ0n) is 10.8. The van der Waals surface area contributed by atoms with Gasteiger partial charge in [0.2, 0.25) is 0 Å². The highest BCUT2D eigenvalue weighted by atomic mass is 16.5. The summed E-state index contributed by atoms with van der Waals surface area (Å²) < 4.78 is 4.72. The maximum absolute atomic E-state index is 11.8. The minimum absolute atomic E-state index is 0.0742. The van der Waals surface area contributed by atoms with Crippen LogP contribution >= 0.6 is 0 Å². The van der Waals surface area contributed by atoms with Crippen molar-refractivity contribution in [1.82, 2.24) is 5.32 Å². The van der Waals surface area contributed by atoms with Crippen LogP contribution in [0.15, 0.2) is 24.3 Å². The summed E-state index contributed by atoms with van der Waals surface area (Å²) in [7, 11) is 1.28. The molecule has 0 aliphatic carbocycles. The summed E-state index contributed by atoms with van der Waals surface area (Å²) in [5.41, 5.74) is 6.96. The average molecular weight is 266 g/mol. The number of carboxylic acids is 1. The lowest BCUT2D eigenvalue weighted by Crippen LogP contribution is -2.37. The number of rotatable bonds is 7. The zero-order chi connectivity index (χ0) is 14.3. The summed E-state index contributed by atoms with van der Waals surface area (Å²) in [6.45, 7) is 0.481. The second kappa shape index (κ2) is 7.50. The maximum atomic E-state index is 11.8. The van der Waals surface area contributed by atoms with Gasteiger partial charge in [0.15, 0.2) is 6.10 Å². The van der Waals surface area contributed by atoms with Crippen molar-refractivity contribution in [2.75, 3.05) is 20.2 Å². The van der Waals surface area contributed by atoms with Gasteiger partial charge < -0.3 is 20.9 Å². The quantitative estimate of drug-likeness (QED) is 0.645. The third-order valence-corrected chi connectivity index (χ3v) is 2.66. The lowest BCUT2D eigenvalue weighted by Gasteiger charge is -2.11. The van der Waals surface area contributed by atoms with Gasteiger partial charge in [-0.1, -0.05) is 12.1 Å². The summed E-state index contributed by atoms with van der Waals surface area (Å²) in [4.78, 5) is 22.5. The molecule has 0 aromatic heterocycles. The van der Waals surface area contributed by atoms with Gasteiger partial charge in [0.05, 0.1) is 6.54 Å². The second-order valence-electron chi connectivity index (χ2n) is 4.01. The Morgan fingerprint density at radius 2 is 2.00 bits per heavy atom. The summed E-state index contributed by atoms with van der Waals surface area (Å²) in [6, 6.07) is 7.02. The van der Waals surface area contributed by atoms with E-state index in [1.165, 1.54) is 7.11 Å². The number of nitrogens with two attached hydrogens (primary N) is 1. The Balaban J connectivity index is 2.55. The van der Waals surface area contributed by atoms with Gasteiger partial charge in [-0.25, -0.2) is 4.79 Å². The van der Waals surface area contributed by atoms with Crippen molar-refractivity contribution >= 4 is 11.9 Å². The lowest BCUT2D eigenvalue weighted by atomic mass is 10.1.